The van der Waals surface area contributed by atoms with Crippen molar-refractivity contribution in [2.24, 2.45) is 0 Å². The van der Waals surface area contributed by atoms with Crippen LogP contribution in [0.3, 0.4) is 0 Å². The highest BCUT2D eigenvalue weighted by Gasteiger charge is 2.46. The molecule has 0 bridgehead atoms. The van der Waals surface area contributed by atoms with Crippen molar-refractivity contribution in [3.05, 3.63) is 57.3 Å². The molecule has 154 valence electrons. The molecule has 1 aromatic heterocycles. The second kappa shape index (κ2) is 8.80. The monoisotopic (exact) mass is 415 g/mol. The van der Waals surface area contributed by atoms with Gasteiger partial charge < -0.3 is 19.5 Å². The summed E-state index contributed by atoms with van der Waals surface area (Å²) in [7, 11) is 1.57. The average molecular weight is 416 g/mol. The maximum atomic E-state index is 12.9. The largest absolute Gasteiger partial charge is 0.507 e. The van der Waals surface area contributed by atoms with E-state index < -0.39 is 17.7 Å². The van der Waals surface area contributed by atoms with Gasteiger partial charge in [-0.3, -0.25) is 9.59 Å². The number of thiophene rings is 1. The molecule has 1 fully saturated rings. The molecule has 3 rings (SSSR count). The maximum absolute atomic E-state index is 12.9. The van der Waals surface area contributed by atoms with Crippen molar-refractivity contribution in [1.82, 2.24) is 4.90 Å². The fraction of sp³-hybridized carbons (Fsp3) is 0.364. The predicted octanol–water partition coefficient (Wildman–Crippen LogP) is 3.91. The highest BCUT2D eigenvalue weighted by molar-refractivity contribution is 7.10. The second-order valence-corrected chi connectivity index (χ2v) is 8.09. The molecule has 29 heavy (non-hydrogen) atoms. The molecule has 1 aliphatic heterocycles. The van der Waals surface area contributed by atoms with Crippen LogP contribution in [0.5, 0.6) is 5.75 Å². The molecule has 1 N–H and O–H groups in total. The smallest absolute Gasteiger partial charge is 0.295 e. The molecular formula is C22H25NO5S. The van der Waals surface area contributed by atoms with Crippen molar-refractivity contribution < 1.29 is 24.2 Å². The number of nitrogens with zero attached hydrogens (tertiary/aromatic N) is 1. The molecule has 0 radical (unpaired) electrons. The van der Waals surface area contributed by atoms with Crippen LogP contribution in [-0.2, 0) is 14.3 Å². The van der Waals surface area contributed by atoms with Gasteiger partial charge in [0.05, 0.1) is 31.4 Å². The standard InChI is InChI=1S/C22H25NO5S/c1-13(2)28-10-9-23-19(17-6-5-11-29-17)18(21(25)22(23)26)20(24)16-8-7-15(27-4)12-14(16)3/h5-8,11-13,19,24H,9-10H2,1-4H3/b20-18-. The lowest BCUT2D eigenvalue weighted by Gasteiger charge is -2.24. The third-order valence-corrected chi connectivity index (χ3v) is 5.75. The van der Waals surface area contributed by atoms with Crippen molar-refractivity contribution >= 4 is 28.8 Å². The Labute approximate surface area is 174 Å². The Kier molecular flexibility index (Phi) is 6.39. The van der Waals surface area contributed by atoms with Gasteiger partial charge in [0, 0.05) is 17.0 Å². The first-order chi connectivity index (χ1) is 13.8. The Balaban J connectivity index is 2.06. The zero-order valence-electron chi connectivity index (χ0n) is 17.0. The Morgan fingerprint density at radius 1 is 1.28 bits per heavy atom. The van der Waals surface area contributed by atoms with Crippen LogP contribution in [0.4, 0.5) is 0 Å². The lowest BCUT2D eigenvalue weighted by molar-refractivity contribution is -0.140. The van der Waals surface area contributed by atoms with Gasteiger partial charge in [-0.15, -0.1) is 11.3 Å². The number of likely N-dealkylation sites (tertiary alicyclic amines) is 1. The number of rotatable bonds is 7. The summed E-state index contributed by atoms with van der Waals surface area (Å²) >= 11 is 1.44. The molecule has 1 amide bonds. The summed E-state index contributed by atoms with van der Waals surface area (Å²) in [6, 6.07) is 8.29. The summed E-state index contributed by atoms with van der Waals surface area (Å²) in [6.07, 6.45) is 0.0222. The molecule has 1 unspecified atom stereocenters. The van der Waals surface area contributed by atoms with Gasteiger partial charge in [-0.2, -0.15) is 0 Å². The van der Waals surface area contributed by atoms with Crippen LogP contribution in [0.2, 0.25) is 0 Å². The zero-order valence-corrected chi connectivity index (χ0v) is 17.8. The minimum atomic E-state index is -0.680. The van der Waals surface area contributed by atoms with E-state index in [0.29, 0.717) is 17.9 Å². The summed E-state index contributed by atoms with van der Waals surface area (Å²) in [5, 5.41) is 13.0. The average Bonchev–Trinajstić information content (AvgIpc) is 3.29. The molecule has 2 aromatic rings. The van der Waals surface area contributed by atoms with Crippen LogP contribution in [0.1, 0.15) is 35.9 Å². The Morgan fingerprint density at radius 3 is 2.62 bits per heavy atom. The summed E-state index contributed by atoms with van der Waals surface area (Å²) in [6.45, 7) is 6.23. The molecule has 1 saturated heterocycles. The first-order valence-corrected chi connectivity index (χ1v) is 10.3. The number of benzene rings is 1. The molecular weight excluding hydrogens is 390 g/mol. The van der Waals surface area contributed by atoms with Gasteiger partial charge in [0.25, 0.3) is 11.7 Å². The first-order valence-electron chi connectivity index (χ1n) is 9.43. The van der Waals surface area contributed by atoms with Crippen LogP contribution in [0, 0.1) is 6.92 Å². The highest BCUT2D eigenvalue weighted by Crippen LogP contribution is 2.41. The van der Waals surface area contributed by atoms with Crippen molar-refractivity contribution in [3.63, 3.8) is 0 Å². The van der Waals surface area contributed by atoms with Crippen LogP contribution < -0.4 is 4.74 Å². The number of ketones is 1. The number of ether oxygens (including phenoxy) is 2. The Morgan fingerprint density at radius 2 is 2.03 bits per heavy atom. The minimum Gasteiger partial charge on any atom is -0.507 e. The normalized spacial score (nSPS) is 18.7. The van der Waals surface area contributed by atoms with Gasteiger partial charge in [-0.1, -0.05) is 6.07 Å². The molecule has 1 atom stereocenters. The summed E-state index contributed by atoms with van der Waals surface area (Å²) < 4.78 is 10.8. The van der Waals surface area contributed by atoms with Gasteiger partial charge >= 0.3 is 0 Å². The van der Waals surface area contributed by atoms with Gasteiger partial charge in [0.1, 0.15) is 11.5 Å². The number of Topliss-reactive ketones (excluding diaryl/α,β-unsaturated/α-hetero) is 1. The molecule has 0 saturated carbocycles. The quantitative estimate of drug-likeness (QED) is 0.422. The van der Waals surface area contributed by atoms with E-state index in [-0.39, 0.29) is 24.0 Å². The first kappa shape index (κ1) is 21.1. The topological polar surface area (TPSA) is 76.1 Å². The van der Waals surface area contributed by atoms with E-state index in [1.54, 1.807) is 25.3 Å². The van der Waals surface area contributed by atoms with E-state index in [1.807, 2.05) is 38.3 Å². The summed E-state index contributed by atoms with van der Waals surface area (Å²) in [5.74, 6) is -0.821. The highest BCUT2D eigenvalue weighted by atomic mass is 32.1. The van der Waals surface area contributed by atoms with E-state index in [9.17, 15) is 14.7 Å². The van der Waals surface area contributed by atoms with Gasteiger partial charge in [0.15, 0.2) is 0 Å². The molecule has 0 spiro atoms. The number of carbonyl (C=O) groups excluding carboxylic acids is 2. The fourth-order valence-corrected chi connectivity index (χ4v) is 4.26. The second-order valence-electron chi connectivity index (χ2n) is 7.11. The van der Waals surface area contributed by atoms with Gasteiger partial charge in [-0.05, 0) is 56.0 Å². The van der Waals surface area contributed by atoms with Gasteiger partial charge in [-0.25, -0.2) is 0 Å². The molecule has 6 nitrogen and oxygen atoms in total. The van der Waals surface area contributed by atoms with E-state index in [2.05, 4.69) is 0 Å². The molecule has 1 aromatic carbocycles. The Hall–Kier alpha value is -2.64. The molecule has 1 aliphatic rings. The SMILES string of the molecule is COc1ccc(/C(O)=C2/C(=O)C(=O)N(CCOC(C)C)C2c2cccs2)c(C)c1. The number of aliphatic hydroxyl groups excluding tert-OH is 1. The number of aliphatic hydroxyl groups is 1. The van der Waals surface area contributed by atoms with Crippen LogP contribution in [-0.4, -0.2) is 48.1 Å². The predicted molar refractivity (Wildman–Crippen MR) is 112 cm³/mol. The molecule has 0 aliphatic carbocycles. The lowest BCUT2D eigenvalue weighted by atomic mass is 9.97. The number of hydrogen-bond acceptors (Lipinski definition) is 6. The third kappa shape index (κ3) is 4.21. The summed E-state index contributed by atoms with van der Waals surface area (Å²) in [5.41, 5.74) is 1.36. The van der Waals surface area contributed by atoms with E-state index in [4.69, 9.17) is 9.47 Å². The molecule has 2 heterocycles. The fourth-order valence-electron chi connectivity index (χ4n) is 3.41. The van der Waals surface area contributed by atoms with Gasteiger partial charge in [0.2, 0.25) is 0 Å². The minimum absolute atomic E-state index is 0.0222. The lowest BCUT2D eigenvalue weighted by Crippen LogP contribution is -2.33. The van der Waals surface area contributed by atoms with Crippen molar-refractivity contribution in [1.29, 1.82) is 0 Å². The third-order valence-electron chi connectivity index (χ3n) is 4.82. The maximum Gasteiger partial charge on any atom is 0.295 e. The Bertz CT molecular complexity index is 933. The van der Waals surface area contributed by atoms with Crippen LogP contribution in [0.15, 0.2) is 41.3 Å². The van der Waals surface area contributed by atoms with Crippen LogP contribution in [0.25, 0.3) is 5.76 Å². The number of methoxy groups -OCH3 is 1. The summed E-state index contributed by atoms with van der Waals surface area (Å²) in [4.78, 5) is 28.0. The van der Waals surface area contributed by atoms with Crippen molar-refractivity contribution in [2.75, 3.05) is 20.3 Å². The number of hydrogen-bond donors (Lipinski definition) is 1. The number of amides is 1. The van der Waals surface area contributed by atoms with E-state index in [1.165, 1.54) is 16.2 Å². The molecule has 7 heteroatoms. The van der Waals surface area contributed by atoms with E-state index >= 15 is 0 Å². The van der Waals surface area contributed by atoms with Crippen LogP contribution >= 0.6 is 11.3 Å². The number of aryl methyl sites for hydroxylation is 1. The van der Waals surface area contributed by atoms with Crippen molar-refractivity contribution in [3.8, 4) is 5.75 Å². The van der Waals surface area contributed by atoms with Crippen molar-refractivity contribution in [2.45, 2.75) is 32.9 Å². The van der Waals surface area contributed by atoms with E-state index in [0.717, 1.165) is 10.4 Å². The number of carbonyl (C=O) groups is 2. The zero-order chi connectivity index (χ0) is 21.1.